The lowest BCUT2D eigenvalue weighted by Crippen LogP contribution is -2.46. The molecule has 0 bridgehead atoms. The van der Waals surface area contributed by atoms with Crippen LogP contribution < -0.4 is 14.4 Å². The molecule has 1 aliphatic heterocycles. The maximum absolute atomic E-state index is 13.3. The van der Waals surface area contributed by atoms with E-state index in [-0.39, 0.29) is 18.3 Å². The summed E-state index contributed by atoms with van der Waals surface area (Å²) in [6, 6.07) is 18.1. The Morgan fingerprint density at radius 1 is 1.03 bits per heavy atom. The van der Waals surface area contributed by atoms with E-state index >= 15 is 0 Å². The largest absolute Gasteiger partial charge is 0.497 e. The Labute approximate surface area is 205 Å². The summed E-state index contributed by atoms with van der Waals surface area (Å²) in [5, 5.41) is 0. The molecular formula is C28H30N2O5. The first-order valence-electron chi connectivity index (χ1n) is 11.8. The normalized spacial score (nSPS) is 17.7. The number of piperidine rings is 1. The number of benzene rings is 2. The van der Waals surface area contributed by atoms with Crippen molar-refractivity contribution in [3.05, 3.63) is 84.2 Å². The van der Waals surface area contributed by atoms with Gasteiger partial charge in [0.1, 0.15) is 11.5 Å². The summed E-state index contributed by atoms with van der Waals surface area (Å²) in [6.45, 7) is 0.305. The minimum atomic E-state index is -0.549. The van der Waals surface area contributed by atoms with E-state index in [4.69, 9.17) is 14.2 Å². The Hall–Kier alpha value is -3.87. The fraction of sp³-hybridized carbons (Fsp3) is 0.321. The molecule has 1 aromatic heterocycles. The fourth-order valence-electron chi connectivity index (χ4n) is 4.56. The number of anilines is 1. The third kappa shape index (κ3) is 5.62. The minimum Gasteiger partial charge on any atom is -0.497 e. The second kappa shape index (κ2) is 11.5. The average molecular weight is 475 g/mol. The molecule has 1 amide bonds. The number of nitrogens with zero attached hydrogens (tertiary/aromatic N) is 2. The van der Waals surface area contributed by atoms with Crippen LogP contribution in [-0.4, -0.2) is 37.7 Å². The highest BCUT2D eigenvalue weighted by Gasteiger charge is 2.43. The minimum absolute atomic E-state index is 0.0494. The lowest BCUT2D eigenvalue weighted by molar-refractivity contribution is -0.151. The lowest BCUT2D eigenvalue weighted by Gasteiger charge is -2.40. The van der Waals surface area contributed by atoms with Crippen molar-refractivity contribution in [1.82, 2.24) is 4.98 Å². The van der Waals surface area contributed by atoms with E-state index in [1.54, 1.807) is 25.3 Å². The summed E-state index contributed by atoms with van der Waals surface area (Å²) in [4.78, 5) is 32.4. The molecule has 182 valence electrons. The van der Waals surface area contributed by atoms with Gasteiger partial charge in [0.15, 0.2) is 0 Å². The number of rotatable bonds is 9. The van der Waals surface area contributed by atoms with Crippen LogP contribution in [0.5, 0.6) is 11.5 Å². The maximum Gasteiger partial charge on any atom is 0.311 e. The summed E-state index contributed by atoms with van der Waals surface area (Å²) in [7, 11) is 3.19. The highest BCUT2D eigenvalue weighted by Crippen LogP contribution is 2.43. The standard InChI is InChI=1S/C28H30N2O5/c1-33-22-13-11-21(12-14-22)30-26(31)16-15-24(27(30)23-9-3-4-10-25(23)34-2)28(32)35-18-6-8-20-7-5-17-29-19-20/h3-5,7,9-14,17,19,24,27H,6,8,15-16,18H2,1-2H3. The van der Waals surface area contributed by atoms with Gasteiger partial charge in [-0.05, 0) is 61.2 Å². The SMILES string of the molecule is COc1ccc(N2C(=O)CCC(C(=O)OCCCc3cccnc3)C2c2ccccc2OC)cc1. The zero-order valence-electron chi connectivity index (χ0n) is 20.1. The Morgan fingerprint density at radius 3 is 2.54 bits per heavy atom. The number of methoxy groups -OCH3 is 2. The van der Waals surface area contributed by atoms with Gasteiger partial charge in [-0.1, -0.05) is 24.3 Å². The summed E-state index contributed by atoms with van der Waals surface area (Å²) < 4.78 is 16.6. The lowest BCUT2D eigenvalue weighted by atomic mass is 9.83. The molecule has 2 heterocycles. The van der Waals surface area contributed by atoms with Crippen molar-refractivity contribution in [2.24, 2.45) is 5.92 Å². The Kier molecular flexibility index (Phi) is 7.98. The van der Waals surface area contributed by atoms with Crippen LogP contribution in [0, 0.1) is 5.92 Å². The van der Waals surface area contributed by atoms with Gasteiger partial charge in [0.05, 0.1) is 32.8 Å². The van der Waals surface area contributed by atoms with Crippen LogP contribution in [0.25, 0.3) is 0 Å². The second-order valence-electron chi connectivity index (χ2n) is 8.43. The number of aryl methyl sites for hydroxylation is 1. The quantitative estimate of drug-likeness (QED) is 0.329. The summed E-state index contributed by atoms with van der Waals surface area (Å²) >= 11 is 0. The van der Waals surface area contributed by atoms with E-state index in [2.05, 4.69) is 4.98 Å². The summed E-state index contributed by atoms with van der Waals surface area (Å²) in [6.07, 6.45) is 5.70. The number of amides is 1. The zero-order chi connectivity index (χ0) is 24.6. The smallest absolute Gasteiger partial charge is 0.311 e. The Balaban J connectivity index is 1.59. The predicted octanol–water partition coefficient (Wildman–Crippen LogP) is 4.76. The van der Waals surface area contributed by atoms with Crippen LogP contribution in [0.4, 0.5) is 5.69 Å². The van der Waals surface area contributed by atoms with E-state index in [0.29, 0.717) is 36.6 Å². The third-order valence-corrected chi connectivity index (χ3v) is 6.29. The van der Waals surface area contributed by atoms with Crippen LogP contribution >= 0.6 is 0 Å². The average Bonchev–Trinajstić information content (AvgIpc) is 2.91. The number of aromatic nitrogens is 1. The molecule has 1 fully saturated rings. The summed E-state index contributed by atoms with van der Waals surface area (Å²) in [5.74, 6) is 0.436. The van der Waals surface area contributed by atoms with Crippen molar-refractivity contribution in [2.45, 2.75) is 31.7 Å². The van der Waals surface area contributed by atoms with E-state index < -0.39 is 12.0 Å². The molecule has 2 unspecified atom stereocenters. The van der Waals surface area contributed by atoms with E-state index in [1.165, 1.54) is 0 Å². The molecule has 0 aliphatic carbocycles. The number of pyridine rings is 1. The molecule has 0 N–H and O–H groups in total. The van der Waals surface area contributed by atoms with Crippen LogP contribution in [0.15, 0.2) is 73.1 Å². The highest BCUT2D eigenvalue weighted by atomic mass is 16.5. The first kappa shape index (κ1) is 24.3. The third-order valence-electron chi connectivity index (χ3n) is 6.29. The summed E-state index contributed by atoms with van der Waals surface area (Å²) in [5.41, 5.74) is 2.57. The predicted molar refractivity (Wildman–Crippen MR) is 132 cm³/mol. The maximum atomic E-state index is 13.3. The number of hydrogen-bond donors (Lipinski definition) is 0. The molecule has 1 aliphatic rings. The van der Waals surface area contributed by atoms with Crippen molar-refractivity contribution in [1.29, 1.82) is 0 Å². The number of hydrogen-bond acceptors (Lipinski definition) is 6. The molecule has 1 saturated heterocycles. The van der Waals surface area contributed by atoms with Crippen molar-refractivity contribution in [2.75, 3.05) is 25.7 Å². The number of esters is 1. The van der Waals surface area contributed by atoms with Crippen molar-refractivity contribution < 1.29 is 23.8 Å². The van der Waals surface area contributed by atoms with Crippen molar-refractivity contribution in [3.8, 4) is 11.5 Å². The van der Waals surface area contributed by atoms with Gasteiger partial charge in [-0.25, -0.2) is 0 Å². The number of carbonyl (C=O) groups is 2. The molecule has 4 rings (SSSR count). The number of carbonyl (C=O) groups excluding carboxylic acids is 2. The first-order chi connectivity index (χ1) is 17.1. The van der Waals surface area contributed by atoms with Crippen LogP contribution in [-0.2, 0) is 20.7 Å². The molecule has 7 nitrogen and oxygen atoms in total. The van der Waals surface area contributed by atoms with Gasteiger partial charge < -0.3 is 19.1 Å². The van der Waals surface area contributed by atoms with Crippen molar-refractivity contribution >= 4 is 17.6 Å². The van der Waals surface area contributed by atoms with E-state index in [9.17, 15) is 9.59 Å². The zero-order valence-corrected chi connectivity index (χ0v) is 20.1. The van der Waals surface area contributed by atoms with Crippen LogP contribution in [0.3, 0.4) is 0 Å². The molecule has 2 atom stereocenters. The molecule has 2 aromatic carbocycles. The van der Waals surface area contributed by atoms with Gasteiger partial charge in [0, 0.05) is 30.1 Å². The second-order valence-corrected chi connectivity index (χ2v) is 8.43. The van der Waals surface area contributed by atoms with Crippen LogP contribution in [0.1, 0.15) is 36.4 Å². The monoisotopic (exact) mass is 474 g/mol. The molecule has 0 radical (unpaired) electrons. The fourth-order valence-corrected chi connectivity index (χ4v) is 4.56. The highest BCUT2D eigenvalue weighted by molar-refractivity contribution is 5.97. The Bertz CT molecular complexity index is 1130. The first-order valence-corrected chi connectivity index (χ1v) is 11.8. The van der Waals surface area contributed by atoms with Gasteiger partial charge >= 0.3 is 5.97 Å². The number of ether oxygens (including phenoxy) is 3. The Morgan fingerprint density at radius 2 is 1.83 bits per heavy atom. The van der Waals surface area contributed by atoms with Gasteiger partial charge in [0.2, 0.25) is 5.91 Å². The van der Waals surface area contributed by atoms with Gasteiger partial charge in [0.25, 0.3) is 0 Å². The molecular weight excluding hydrogens is 444 g/mol. The van der Waals surface area contributed by atoms with Gasteiger partial charge in [-0.15, -0.1) is 0 Å². The molecule has 0 saturated carbocycles. The van der Waals surface area contributed by atoms with E-state index in [0.717, 1.165) is 17.5 Å². The van der Waals surface area contributed by atoms with E-state index in [1.807, 2.05) is 66.9 Å². The van der Waals surface area contributed by atoms with Gasteiger partial charge in [-0.3, -0.25) is 14.6 Å². The number of para-hydroxylation sites is 1. The van der Waals surface area contributed by atoms with Crippen LogP contribution in [0.2, 0.25) is 0 Å². The van der Waals surface area contributed by atoms with Gasteiger partial charge in [-0.2, -0.15) is 0 Å². The molecule has 3 aromatic rings. The molecule has 7 heteroatoms. The topological polar surface area (TPSA) is 78.0 Å². The van der Waals surface area contributed by atoms with Crippen molar-refractivity contribution in [3.63, 3.8) is 0 Å². The molecule has 0 spiro atoms. The molecule has 35 heavy (non-hydrogen) atoms.